The minimum absolute atomic E-state index is 0.00969. The van der Waals surface area contributed by atoms with Crippen molar-refractivity contribution in [1.29, 1.82) is 0 Å². The average Bonchev–Trinajstić information content (AvgIpc) is 3.39. The van der Waals surface area contributed by atoms with Crippen molar-refractivity contribution in [3.8, 4) is 0 Å². The fraction of sp³-hybridized carbons (Fsp3) is 0.591. The highest BCUT2D eigenvalue weighted by Crippen LogP contribution is 2.35. The molecule has 0 radical (unpaired) electrons. The number of hydrogen-bond donors (Lipinski definition) is 2. The van der Waals surface area contributed by atoms with E-state index in [9.17, 15) is 14.4 Å². The van der Waals surface area contributed by atoms with Gasteiger partial charge in [-0.3, -0.25) is 14.5 Å². The van der Waals surface area contributed by atoms with Crippen LogP contribution in [0.25, 0.3) is 0 Å². The zero-order valence-corrected chi connectivity index (χ0v) is 16.3. The minimum Gasteiger partial charge on any atom is -0.353 e. The first-order chi connectivity index (χ1) is 13.6. The molecule has 1 saturated heterocycles. The Balaban J connectivity index is 1.25. The first-order valence-electron chi connectivity index (χ1n) is 10.5. The van der Waals surface area contributed by atoms with E-state index in [0.29, 0.717) is 25.3 Å². The summed E-state index contributed by atoms with van der Waals surface area (Å²) in [5.41, 5.74) is 0.576. The van der Waals surface area contributed by atoms with Crippen LogP contribution in [0.15, 0.2) is 30.3 Å². The molecule has 3 fully saturated rings. The lowest BCUT2D eigenvalue weighted by molar-refractivity contribution is -0.131. The van der Waals surface area contributed by atoms with Crippen molar-refractivity contribution < 1.29 is 14.4 Å². The summed E-state index contributed by atoms with van der Waals surface area (Å²) in [6, 6.07) is 10.1. The van der Waals surface area contributed by atoms with Crippen LogP contribution in [0.2, 0.25) is 0 Å². The number of urea groups is 1. The number of hydrogen-bond acceptors (Lipinski definition) is 3. The molecule has 4 amide bonds. The zero-order valence-electron chi connectivity index (χ0n) is 16.3. The summed E-state index contributed by atoms with van der Waals surface area (Å²) in [4.78, 5) is 38.6. The highest BCUT2D eigenvalue weighted by Gasteiger charge is 2.52. The maximum absolute atomic E-state index is 12.6. The maximum Gasteiger partial charge on any atom is 0.325 e. The second-order valence-corrected chi connectivity index (χ2v) is 8.48. The number of carbonyl (C=O) groups excluding carboxylic acids is 3. The van der Waals surface area contributed by atoms with E-state index in [1.165, 1.54) is 23.3 Å². The highest BCUT2D eigenvalue weighted by atomic mass is 16.2. The minimum atomic E-state index is -0.661. The lowest BCUT2D eigenvalue weighted by Gasteiger charge is -2.20. The van der Waals surface area contributed by atoms with Crippen molar-refractivity contribution in [2.45, 2.75) is 69.4 Å². The third kappa shape index (κ3) is 4.05. The standard InChI is InChI=1S/C22H29N3O3/c26-19(23-18(17-10-11-17)15-16-7-2-1-3-8-16)9-6-14-25-20(27)22(24-21(25)28)12-4-5-13-22/h1-3,7-8,17-18H,4-6,9-15H2,(H,23,26)(H,24,28). The molecule has 1 aliphatic heterocycles. The summed E-state index contributed by atoms with van der Waals surface area (Å²) >= 11 is 0. The molecule has 6 heteroatoms. The normalized spacial score (nSPS) is 21.8. The molecule has 1 heterocycles. The van der Waals surface area contributed by atoms with Gasteiger partial charge in [0.1, 0.15) is 5.54 Å². The summed E-state index contributed by atoms with van der Waals surface area (Å²) in [7, 11) is 0. The number of imide groups is 1. The van der Waals surface area contributed by atoms with E-state index in [1.54, 1.807) is 0 Å². The van der Waals surface area contributed by atoms with Crippen molar-refractivity contribution >= 4 is 17.8 Å². The monoisotopic (exact) mass is 383 g/mol. The zero-order chi connectivity index (χ0) is 19.6. The van der Waals surface area contributed by atoms with Gasteiger partial charge in [-0.05, 0) is 50.0 Å². The van der Waals surface area contributed by atoms with Gasteiger partial charge in [0, 0.05) is 19.0 Å². The summed E-state index contributed by atoms with van der Waals surface area (Å²) in [5.74, 6) is 0.475. The van der Waals surface area contributed by atoms with E-state index in [2.05, 4.69) is 22.8 Å². The Labute approximate surface area is 166 Å². The van der Waals surface area contributed by atoms with Crippen molar-refractivity contribution in [2.24, 2.45) is 5.92 Å². The molecule has 1 unspecified atom stereocenters. The molecule has 0 aromatic heterocycles. The van der Waals surface area contributed by atoms with E-state index < -0.39 is 5.54 Å². The van der Waals surface area contributed by atoms with Crippen LogP contribution in [0.4, 0.5) is 4.79 Å². The molecule has 2 aliphatic carbocycles. The van der Waals surface area contributed by atoms with Gasteiger partial charge in [0.25, 0.3) is 5.91 Å². The van der Waals surface area contributed by atoms with Gasteiger partial charge in [-0.1, -0.05) is 43.2 Å². The van der Waals surface area contributed by atoms with Crippen molar-refractivity contribution in [3.63, 3.8) is 0 Å². The molecule has 1 spiro atoms. The number of nitrogens with zero attached hydrogens (tertiary/aromatic N) is 1. The van der Waals surface area contributed by atoms with Gasteiger partial charge in [0.2, 0.25) is 5.91 Å². The number of benzene rings is 1. The van der Waals surface area contributed by atoms with Crippen LogP contribution in [0.3, 0.4) is 0 Å². The molecule has 6 nitrogen and oxygen atoms in total. The highest BCUT2D eigenvalue weighted by molar-refractivity contribution is 6.07. The number of nitrogens with one attached hydrogen (secondary N) is 2. The first-order valence-corrected chi connectivity index (χ1v) is 10.5. The fourth-order valence-electron chi connectivity index (χ4n) is 4.58. The third-order valence-electron chi connectivity index (χ3n) is 6.32. The van der Waals surface area contributed by atoms with Gasteiger partial charge >= 0.3 is 6.03 Å². The molecule has 1 aromatic carbocycles. The second-order valence-electron chi connectivity index (χ2n) is 8.48. The van der Waals surface area contributed by atoms with Gasteiger partial charge in [-0.2, -0.15) is 0 Å². The van der Waals surface area contributed by atoms with Crippen molar-refractivity contribution in [1.82, 2.24) is 15.5 Å². The molecule has 28 heavy (non-hydrogen) atoms. The predicted octanol–water partition coefficient (Wildman–Crippen LogP) is 2.77. The molecule has 150 valence electrons. The molecule has 1 aromatic rings. The van der Waals surface area contributed by atoms with E-state index in [4.69, 9.17) is 0 Å². The maximum atomic E-state index is 12.6. The molecule has 4 rings (SSSR count). The van der Waals surface area contributed by atoms with Crippen LogP contribution in [-0.4, -0.2) is 40.9 Å². The van der Waals surface area contributed by atoms with E-state index in [-0.39, 0.29) is 23.9 Å². The van der Waals surface area contributed by atoms with Gasteiger partial charge in [0.05, 0.1) is 0 Å². The van der Waals surface area contributed by atoms with Gasteiger partial charge in [-0.25, -0.2) is 4.79 Å². The van der Waals surface area contributed by atoms with E-state index >= 15 is 0 Å². The number of amides is 4. The summed E-state index contributed by atoms with van der Waals surface area (Å²) in [6.45, 7) is 0.312. The third-order valence-corrected chi connectivity index (χ3v) is 6.32. The Bertz CT molecular complexity index is 739. The Morgan fingerprint density at radius 3 is 2.57 bits per heavy atom. The molecule has 0 bridgehead atoms. The Morgan fingerprint density at radius 1 is 1.18 bits per heavy atom. The van der Waals surface area contributed by atoms with Gasteiger partial charge in [0.15, 0.2) is 0 Å². The Hall–Kier alpha value is -2.37. The molecule has 2 saturated carbocycles. The summed E-state index contributed by atoms with van der Waals surface area (Å²) in [5, 5.41) is 6.07. The predicted molar refractivity (Wildman–Crippen MR) is 105 cm³/mol. The van der Waals surface area contributed by atoms with Crippen LogP contribution < -0.4 is 10.6 Å². The SMILES string of the molecule is O=C(CCCN1C(=O)NC2(CCCC2)C1=O)NC(Cc1ccccc1)C1CC1. The molecular weight excluding hydrogens is 354 g/mol. The van der Waals surface area contributed by atoms with Crippen molar-refractivity contribution in [3.05, 3.63) is 35.9 Å². The van der Waals surface area contributed by atoms with Gasteiger partial charge < -0.3 is 10.6 Å². The first kappa shape index (κ1) is 19.0. The average molecular weight is 383 g/mol. The van der Waals surface area contributed by atoms with Crippen LogP contribution in [0.5, 0.6) is 0 Å². The Morgan fingerprint density at radius 2 is 1.89 bits per heavy atom. The van der Waals surface area contributed by atoms with E-state index in [1.807, 2.05) is 18.2 Å². The summed E-state index contributed by atoms with van der Waals surface area (Å²) in [6.07, 6.45) is 7.45. The van der Waals surface area contributed by atoms with Crippen LogP contribution in [0.1, 0.15) is 56.9 Å². The fourth-order valence-corrected chi connectivity index (χ4v) is 4.58. The number of carbonyl (C=O) groups is 3. The van der Waals surface area contributed by atoms with Crippen molar-refractivity contribution in [2.75, 3.05) is 6.54 Å². The molecule has 2 N–H and O–H groups in total. The molecule has 1 atom stereocenters. The Kier molecular flexibility index (Phi) is 5.38. The van der Waals surface area contributed by atoms with Gasteiger partial charge in [-0.15, -0.1) is 0 Å². The van der Waals surface area contributed by atoms with Crippen LogP contribution >= 0.6 is 0 Å². The largest absolute Gasteiger partial charge is 0.353 e. The molecule has 3 aliphatic rings. The van der Waals surface area contributed by atoms with E-state index in [0.717, 1.165) is 32.1 Å². The number of rotatable bonds is 8. The van der Waals surface area contributed by atoms with Crippen LogP contribution in [0, 0.1) is 5.92 Å². The smallest absolute Gasteiger partial charge is 0.325 e. The lowest BCUT2D eigenvalue weighted by atomic mass is 9.98. The quantitative estimate of drug-likeness (QED) is 0.678. The second kappa shape index (κ2) is 7.94. The van der Waals surface area contributed by atoms with Crippen LogP contribution in [-0.2, 0) is 16.0 Å². The topological polar surface area (TPSA) is 78.5 Å². The molecular formula is C22H29N3O3. The summed E-state index contributed by atoms with van der Waals surface area (Å²) < 4.78 is 0. The lowest BCUT2D eigenvalue weighted by Crippen LogP contribution is -2.44.